The third-order valence-electron chi connectivity index (χ3n) is 3.44. The molecule has 132 valence electrons. The molecule has 0 spiro atoms. The molecule has 0 fully saturated rings. The van der Waals surface area contributed by atoms with Crippen LogP contribution < -0.4 is 10.00 Å². The van der Waals surface area contributed by atoms with E-state index >= 15 is 0 Å². The van der Waals surface area contributed by atoms with Gasteiger partial charge in [0.1, 0.15) is 11.1 Å². The van der Waals surface area contributed by atoms with Crippen molar-refractivity contribution in [3.05, 3.63) is 29.6 Å². The predicted molar refractivity (Wildman–Crippen MR) is 94.0 cm³/mol. The Morgan fingerprint density at radius 2 is 2.28 bits per heavy atom. The number of unbranched alkanes of at least 4 members (excludes halogenated alkanes) is 1. The first kappa shape index (κ1) is 18.9. The van der Waals surface area contributed by atoms with Gasteiger partial charge in [-0.1, -0.05) is 25.1 Å². The molecule has 0 aromatic carbocycles. The standard InChI is InChI=1S/C17H21N5O2S/c1-4-5-6-14-8-7-13(9-18)17(19-14)25-11-15(23)20-16-10-22(12(2)3)21-24-16/h7-8,10,12H,4-6,11H2,1-3H3/p+1. The summed E-state index contributed by atoms with van der Waals surface area (Å²) >= 11 is 1.25. The van der Waals surface area contributed by atoms with Gasteiger partial charge in [-0.05, 0) is 43.5 Å². The predicted octanol–water partition coefficient (Wildman–Crippen LogP) is 2.88. The van der Waals surface area contributed by atoms with Crippen LogP contribution in [0.4, 0.5) is 5.88 Å². The van der Waals surface area contributed by atoms with E-state index in [0.717, 1.165) is 25.0 Å². The number of amides is 1. The highest BCUT2D eigenvalue weighted by atomic mass is 32.2. The van der Waals surface area contributed by atoms with Crippen molar-refractivity contribution in [3.8, 4) is 6.07 Å². The average molecular weight is 360 g/mol. The molecule has 2 aromatic rings. The Labute approximate surface area is 151 Å². The van der Waals surface area contributed by atoms with Crippen molar-refractivity contribution in [2.75, 3.05) is 11.1 Å². The largest absolute Gasteiger partial charge is 0.302 e. The van der Waals surface area contributed by atoms with Crippen LogP contribution in [0.2, 0.25) is 0 Å². The van der Waals surface area contributed by atoms with Crippen LogP contribution in [0.15, 0.2) is 27.9 Å². The van der Waals surface area contributed by atoms with Gasteiger partial charge in [-0.25, -0.2) is 4.98 Å². The van der Waals surface area contributed by atoms with Crippen molar-refractivity contribution in [2.45, 2.75) is 51.1 Å². The van der Waals surface area contributed by atoms with E-state index in [0.29, 0.717) is 16.5 Å². The summed E-state index contributed by atoms with van der Waals surface area (Å²) in [5.74, 6) is 0.201. The first-order valence-corrected chi connectivity index (χ1v) is 9.22. The van der Waals surface area contributed by atoms with E-state index in [2.05, 4.69) is 28.6 Å². The summed E-state index contributed by atoms with van der Waals surface area (Å²) in [5.41, 5.74) is 1.42. The summed E-state index contributed by atoms with van der Waals surface area (Å²) in [7, 11) is 0. The van der Waals surface area contributed by atoms with Gasteiger partial charge in [0.2, 0.25) is 11.2 Å². The highest BCUT2D eigenvalue weighted by molar-refractivity contribution is 8.00. The van der Waals surface area contributed by atoms with Crippen LogP contribution in [0.1, 0.15) is 50.9 Å². The lowest BCUT2D eigenvalue weighted by molar-refractivity contribution is -0.779. The van der Waals surface area contributed by atoms with Gasteiger partial charge in [-0.3, -0.25) is 14.6 Å². The fourth-order valence-electron chi connectivity index (χ4n) is 2.04. The van der Waals surface area contributed by atoms with Crippen molar-refractivity contribution in [2.24, 2.45) is 0 Å². The minimum Gasteiger partial charge on any atom is -0.288 e. The van der Waals surface area contributed by atoms with Crippen molar-refractivity contribution in [1.82, 2.24) is 10.3 Å². The Morgan fingerprint density at radius 3 is 2.92 bits per heavy atom. The molecule has 8 heteroatoms. The summed E-state index contributed by atoms with van der Waals surface area (Å²) in [6, 6.07) is 5.91. The molecule has 1 N–H and O–H groups in total. The van der Waals surface area contributed by atoms with Gasteiger partial charge in [-0.15, -0.1) is 0 Å². The summed E-state index contributed by atoms with van der Waals surface area (Å²) in [4.78, 5) is 16.6. The number of hydrogen-bond acceptors (Lipinski definition) is 6. The van der Waals surface area contributed by atoms with Gasteiger partial charge in [0.15, 0.2) is 6.04 Å². The Morgan fingerprint density at radius 1 is 1.48 bits per heavy atom. The average Bonchev–Trinajstić information content (AvgIpc) is 3.07. The molecule has 0 radical (unpaired) electrons. The van der Waals surface area contributed by atoms with Crippen molar-refractivity contribution < 1.29 is 14.0 Å². The van der Waals surface area contributed by atoms with E-state index < -0.39 is 0 Å². The second-order valence-electron chi connectivity index (χ2n) is 5.85. The van der Waals surface area contributed by atoms with E-state index in [1.54, 1.807) is 16.9 Å². The number of aromatic nitrogens is 3. The molecule has 2 aromatic heterocycles. The number of rotatable bonds is 8. The smallest absolute Gasteiger partial charge is 0.288 e. The SMILES string of the molecule is CCCCc1ccc(C#N)c(SCC(=O)Nc2c[n+](C(C)C)no2)n1. The van der Waals surface area contributed by atoms with Gasteiger partial charge in [0, 0.05) is 5.69 Å². The molecule has 2 rings (SSSR count). The highest BCUT2D eigenvalue weighted by Crippen LogP contribution is 2.21. The molecule has 0 aliphatic heterocycles. The Bertz CT molecular complexity index is 767. The van der Waals surface area contributed by atoms with Crippen LogP contribution in [-0.2, 0) is 11.2 Å². The molecule has 0 bridgehead atoms. The zero-order valence-electron chi connectivity index (χ0n) is 14.7. The molecule has 25 heavy (non-hydrogen) atoms. The summed E-state index contributed by atoms with van der Waals surface area (Å²) in [6.45, 7) is 6.05. The number of carbonyl (C=O) groups excluding carboxylic acids is 1. The third kappa shape index (κ3) is 5.57. The van der Waals surface area contributed by atoms with Crippen molar-refractivity contribution in [3.63, 3.8) is 0 Å². The molecule has 0 aliphatic rings. The lowest BCUT2D eigenvalue weighted by atomic mass is 10.2. The molecule has 0 atom stereocenters. The van der Waals surface area contributed by atoms with Gasteiger partial charge < -0.3 is 0 Å². The van der Waals surface area contributed by atoms with Crippen LogP contribution in [0, 0.1) is 11.3 Å². The van der Waals surface area contributed by atoms with E-state index in [1.807, 2.05) is 19.9 Å². The fourth-order valence-corrected chi connectivity index (χ4v) is 2.83. The summed E-state index contributed by atoms with van der Waals surface area (Å²) in [6.07, 6.45) is 4.64. The Balaban J connectivity index is 1.96. The monoisotopic (exact) mass is 360 g/mol. The maximum absolute atomic E-state index is 12.1. The number of hydrogen-bond donors (Lipinski definition) is 1. The molecule has 0 aliphatic carbocycles. The van der Waals surface area contributed by atoms with Crippen molar-refractivity contribution in [1.29, 1.82) is 5.26 Å². The molecule has 0 unspecified atom stereocenters. The Kier molecular flexibility index (Phi) is 6.95. The van der Waals surface area contributed by atoms with Gasteiger partial charge >= 0.3 is 5.88 Å². The van der Waals surface area contributed by atoms with E-state index in [1.165, 1.54) is 11.8 Å². The fraction of sp³-hybridized carbons (Fsp3) is 0.471. The van der Waals surface area contributed by atoms with E-state index in [4.69, 9.17) is 4.52 Å². The topological polar surface area (TPSA) is 95.7 Å². The van der Waals surface area contributed by atoms with Gasteiger partial charge in [0.05, 0.1) is 11.3 Å². The number of nitrogens with zero attached hydrogens (tertiary/aromatic N) is 4. The first-order chi connectivity index (χ1) is 12.0. The number of carbonyl (C=O) groups is 1. The number of nitriles is 1. The summed E-state index contributed by atoms with van der Waals surface area (Å²) < 4.78 is 6.68. The minimum atomic E-state index is -0.235. The Hall–Kier alpha value is -2.40. The molecule has 0 saturated carbocycles. The molecular weight excluding hydrogens is 338 g/mol. The zero-order chi connectivity index (χ0) is 18.2. The lowest BCUT2D eigenvalue weighted by Gasteiger charge is -2.06. The van der Waals surface area contributed by atoms with E-state index in [-0.39, 0.29) is 17.7 Å². The van der Waals surface area contributed by atoms with Crippen LogP contribution in [-0.4, -0.2) is 21.9 Å². The van der Waals surface area contributed by atoms with Crippen LogP contribution in [0.5, 0.6) is 0 Å². The maximum atomic E-state index is 12.1. The first-order valence-electron chi connectivity index (χ1n) is 8.24. The second kappa shape index (κ2) is 9.18. The second-order valence-corrected chi connectivity index (χ2v) is 6.81. The number of nitrogens with one attached hydrogen (secondary N) is 1. The zero-order valence-corrected chi connectivity index (χ0v) is 15.5. The normalized spacial score (nSPS) is 10.7. The number of anilines is 1. The number of pyridine rings is 1. The molecule has 1 amide bonds. The number of aryl methyl sites for hydroxylation is 1. The quantitative estimate of drug-likeness (QED) is 0.574. The molecular formula is C17H22N5O2S+. The van der Waals surface area contributed by atoms with Crippen LogP contribution >= 0.6 is 11.8 Å². The highest BCUT2D eigenvalue weighted by Gasteiger charge is 2.17. The summed E-state index contributed by atoms with van der Waals surface area (Å²) in [5, 5.41) is 16.3. The van der Waals surface area contributed by atoms with Crippen LogP contribution in [0.3, 0.4) is 0 Å². The third-order valence-corrected chi connectivity index (χ3v) is 4.43. The maximum Gasteiger partial charge on any atom is 0.302 e. The van der Waals surface area contributed by atoms with E-state index in [9.17, 15) is 10.1 Å². The molecule has 7 nitrogen and oxygen atoms in total. The minimum absolute atomic E-state index is 0.140. The molecule has 2 heterocycles. The van der Waals surface area contributed by atoms with Crippen LogP contribution in [0.25, 0.3) is 0 Å². The van der Waals surface area contributed by atoms with Crippen molar-refractivity contribution >= 4 is 23.6 Å². The van der Waals surface area contributed by atoms with Gasteiger partial charge in [0.25, 0.3) is 6.20 Å². The number of thioether (sulfide) groups is 1. The molecule has 0 saturated heterocycles. The van der Waals surface area contributed by atoms with Gasteiger partial charge in [-0.2, -0.15) is 5.26 Å². The lowest BCUT2D eigenvalue weighted by Crippen LogP contribution is -2.36.